The topological polar surface area (TPSA) is 55.1 Å². The number of nitrogens with one attached hydrogen (secondary N) is 1. The molecule has 0 saturated carbocycles. The monoisotopic (exact) mass is 382 g/mol. The van der Waals surface area contributed by atoms with E-state index in [2.05, 4.69) is 10.3 Å². The van der Waals surface area contributed by atoms with Gasteiger partial charge in [-0.15, -0.1) is 11.8 Å². The standard InChI is InChI=1S/C20H15ClN2O2S/c1-26-16-6-2-12(3-7-16)11-22-19(24)18-9-14-8-13-4-5-15(21)10-17(13)23-20(14)25-18/h2-10H,11H2,1H3,(H,22,24). The number of pyridine rings is 1. The van der Waals surface area contributed by atoms with Gasteiger partial charge < -0.3 is 9.73 Å². The van der Waals surface area contributed by atoms with Crippen molar-refractivity contribution in [2.75, 3.05) is 6.26 Å². The number of thioether (sulfide) groups is 1. The highest BCUT2D eigenvalue weighted by Gasteiger charge is 2.14. The average Bonchev–Trinajstić information content (AvgIpc) is 3.07. The van der Waals surface area contributed by atoms with E-state index >= 15 is 0 Å². The van der Waals surface area contributed by atoms with Crippen molar-refractivity contribution in [3.8, 4) is 0 Å². The van der Waals surface area contributed by atoms with Gasteiger partial charge in [0.1, 0.15) is 0 Å². The number of aromatic nitrogens is 1. The van der Waals surface area contributed by atoms with Crippen LogP contribution in [0.4, 0.5) is 0 Å². The first-order valence-corrected chi connectivity index (χ1v) is 9.63. The third kappa shape index (κ3) is 3.41. The summed E-state index contributed by atoms with van der Waals surface area (Å²) in [5, 5.41) is 5.22. The summed E-state index contributed by atoms with van der Waals surface area (Å²) in [6, 6.07) is 17.2. The predicted octanol–water partition coefficient (Wildman–Crippen LogP) is 5.29. The number of furan rings is 1. The molecule has 0 aliphatic heterocycles. The zero-order valence-corrected chi connectivity index (χ0v) is 15.5. The second kappa shape index (κ2) is 7.02. The van der Waals surface area contributed by atoms with Crippen LogP contribution in [0, 0.1) is 0 Å². The fourth-order valence-electron chi connectivity index (χ4n) is 2.72. The van der Waals surface area contributed by atoms with Crippen LogP contribution in [0.25, 0.3) is 22.0 Å². The molecule has 130 valence electrons. The molecule has 2 aromatic carbocycles. The van der Waals surface area contributed by atoms with Crippen LogP contribution in [0.5, 0.6) is 0 Å². The van der Waals surface area contributed by atoms with Gasteiger partial charge in [-0.1, -0.05) is 29.8 Å². The van der Waals surface area contributed by atoms with Gasteiger partial charge in [-0.3, -0.25) is 4.79 Å². The molecule has 0 atom stereocenters. The second-order valence-electron chi connectivity index (χ2n) is 5.86. The van der Waals surface area contributed by atoms with Crippen LogP contribution in [-0.4, -0.2) is 17.1 Å². The van der Waals surface area contributed by atoms with E-state index in [9.17, 15) is 4.79 Å². The van der Waals surface area contributed by atoms with Crippen molar-refractivity contribution in [3.63, 3.8) is 0 Å². The first-order chi connectivity index (χ1) is 12.6. The number of nitrogens with zero attached hydrogens (tertiary/aromatic N) is 1. The highest BCUT2D eigenvalue weighted by Crippen LogP contribution is 2.25. The highest BCUT2D eigenvalue weighted by atomic mass is 35.5. The summed E-state index contributed by atoms with van der Waals surface area (Å²) < 4.78 is 5.63. The smallest absolute Gasteiger partial charge is 0.287 e. The minimum atomic E-state index is -0.265. The number of hydrogen-bond acceptors (Lipinski definition) is 4. The molecule has 0 saturated heterocycles. The molecule has 1 amide bonds. The number of carbonyl (C=O) groups excluding carboxylic acids is 1. The Labute approximate surface area is 159 Å². The van der Waals surface area contributed by atoms with E-state index in [1.807, 2.05) is 48.7 Å². The average molecular weight is 383 g/mol. The summed E-state index contributed by atoms with van der Waals surface area (Å²) in [7, 11) is 0. The molecule has 0 aliphatic carbocycles. The summed E-state index contributed by atoms with van der Waals surface area (Å²) in [5.41, 5.74) is 2.19. The third-order valence-electron chi connectivity index (χ3n) is 4.10. The second-order valence-corrected chi connectivity index (χ2v) is 7.18. The number of fused-ring (bicyclic) bond motifs is 2. The van der Waals surface area contributed by atoms with Crippen molar-refractivity contribution in [1.82, 2.24) is 10.3 Å². The molecule has 6 heteroatoms. The van der Waals surface area contributed by atoms with Gasteiger partial charge in [0.05, 0.1) is 5.52 Å². The van der Waals surface area contributed by atoms with Gasteiger partial charge in [-0.2, -0.15) is 0 Å². The Hall–Kier alpha value is -2.50. The SMILES string of the molecule is CSc1ccc(CNC(=O)c2cc3cc4ccc(Cl)cc4nc3o2)cc1. The number of carbonyl (C=O) groups is 1. The molecule has 0 unspecified atom stereocenters. The number of rotatable bonds is 4. The Bertz CT molecular complexity index is 1110. The van der Waals surface area contributed by atoms with E-state index in [4.69, 9.17) is 16.0 Å². The van der Waals surface area contributed by atoms with E-state index in [1.54, 1.807) is 23.9 Å². The molecule has 0 fully saturated rings. The van der Waals surface area contributed by atoms with Crippen LogP contribution >= 0.6 is 23.4 Å². The summed E-state index contributed by atoms with van der Waals surface area (Å²) in [5.74, 6) is -0.0198. The molecule has 0 aliphatic rings. The Kier molecular flexibility index (Phi) is 4.57. The van der Waals surface area contributed by atoms with Crippen molar-refractivity contribution >= 4 is 51.3 Å². The molecule has 4 rings (SSSR count). The van der Waals surface area contributed by atoms with Crippen LogP contribution in [0.15, 0.2) is 63.9 Å². The molecule has 2 aromatic heterocycles. The molecule has 1 N–H and O–H groups in total. The van der Waals surface area contributed by atoms with Gasteiger partial charge in [-0.25, -0.2) is 4.98 Å². The van der Waals surface area contributed by atoms with Gasteiger partial charge >= 0.3 is 0 Å². The zero-order valence-electron chi connectivity index (χ0n) is 14.0. The third-order valence-corrected chi connectivity index (χ3v) is 5.08. The Morgan fingerprint density at radius 3 is 2.69 bits per heavy atom. The fraction of sp³-hybridized carbons (Fsp3) is 0.100. The van der Waals surface area contributed by atoms with E-state index in [0.29, 0.717) is 17.3 Å². The molecule has 0 radical (unpaired) electrons. The Balaban J connectivity index is 1.55. The van der Waals surface area contributed by atoms with Crippen LogP contribution in [-0.2, 0) is 6.54 Å². The van der Waals surface area contributed by atoms with E-state index in [-0.39, 0.29) is 11.7 Å². The van der Waals surface area contributed by atoms with Crippen LogP contribution in [0.2, 0.25) is 5.02 Å². The molecule has 4 aromatic rings. The van der Waals surface area contributed by atoms with Crippen molar-refractivity contribution in [1.29, 1.82) is 0 Å². The van der Waals surface area contributed by atoms with Gasteiger partial charge in [0.15, 0.2) is 5.76 Å². The lowest BCUT2D eigenvalue weighted by atomic mass is 10.2. The number of benzene rings is 2. The molecule has 4 nitrogen and oxygen atoms in total. The largest absolute Gasteiger partial charge is 0.433 e. The van der Waals surface area contributed by atoms with E-state index in [1.165, 1.54) is 4.90 Å². The highest BCUT2D eigenvalue weighted by molar-refractivity contribution is 7.98. The molecule has 0 bridgehead atoms. The molecular weight excluding hydrogens is 368 g/mol. The van der Waals surface area contributed by atoms with Crippen LogP contribution in [0.1, 0.15) is 16.1 Å². The van der Waals surface area contributed by atoms with Crippen molar-refractivity contribution in [2.24, 2.45) is 0 Å². The maximum atomic E-state index is 12.4. The maximum Gasteiger partial charge on any atom is 0.287 e. The zero-order chi connectivity index (χ0) is 18.1. The van der Waals surface area contributed by atoms with Crippen LogP contribution < -0.4 is 5.32 Å². The summed E-state index contributed by atoms with van der Waals surface area (Å²) in [4.78, 5) is 18.0. The molecular formula is C20H15ClN2O2S. The number of amides is 1. The van der Waals surface area contributed by atoms with E-state index in [0.717, 1.165) is 21.9 Å². The first-order valence-electron chi connectivity index (χ1n) is 8.03. The normalized spacial score (nSPS) is 11.2. The van der Waals surface area contributed by atoms with Gasteiger partial charge in [0, 0.05) is 27.2 Å². The maximum absolute atomic E-state index is 12.4. The number of hydrogen-bond donors (Lipinski definition) is 1. The molecule has 26 heavy (non-hydrogen) atoms. The Morgan fingerprint density at radius 1 is 1.12 bits per heavy atom. The summed E-state index contributed by atoms with van der Waals surface area (Å²) in [6.45, 7) is 0.440. The molecule has 0 spiro atoms. The molecule has 2 heterocycles. The van der Waals surface area contributed by atoms with Crippen molar-refractivity contribution in [3.05, 3.63) is 70.9 Å². The van der Waals surface area contributed by atoms with Crippen molar-refractivity contribution < 1.29 is 9.21 Å². The quantitative estimate of drug-likeness (QED) is 0.487. The van der Waals surface area contributed by atoms with E-state index < -0.39 is 0 Å². The first kappa shape index (κ1) is 16.9. The summed E-state index contributed by atoms with van der Waals surface area (Å²) >= 11 is 7.69. The minimum Gasteiger partial charge on any atom is -0.433 e. The number of halogens is 1. The lowest BCUT2D eigenvalue weighted by molar-refractivity contribution is 0.0925. The van der Waals surface area contributed by atoms with Gasteiger partial charge in [0.2, 0.25) is 5.71 Å². The predicted molar refractivity (Wildman–Crippen MR) is 106 cm³/mol. The van der Waals surface area contributed by atoms with Crippen molar-refractivity contribution in [2.45, 2.75) is 11.4 Å². The minimum absolute atomic E-state index is 0.245. The lowest BCUT2D eigenvalue weighted by Crippen LogP contribution is -2.22. The lowest BCUT2D eigenvalue weighted by Gasteiger charge is -2.04. The van der Waals surface area contributed by atoms with Gasteiger partial charge in [0.25, 0.3) is 5.91 Å². The summed E-state index contributed by atoms with van der Waals surface area (Å²) in [6.07, 6.45) is 2.03. The van der Waals surface area contributed by atoms with Gasteiger partial charge in [-0.05, 0) is 48.2 Å². The fourth-order valence-corrected chi connectivity index (χ4v) is 3.30. The Morgan fingerprint density at radius 2 is 1.92 bits per heavy atom. The van der Waals surface area contributed by atoms with Crippen LogP contribution in [0.3, 0.4) is 0 Å².